The van der Waals surface area contributed by atoms with Gasteiger partial charge in [-0.25, -0.2) is 13.6 Å². The van der Waals surface area contributed by atoms with Crippen molar-refractivity contribution in [1.82, 2.24) is 24.6 Å². The molecule has 0 N–H and O–H groups in total. The molecule has 1 unspecified atom stereocenters. The summed E-state index contributed by atoms with van der Waals surface area (Å²) in [5, 5.41) is 5.93. The molecule has 2 aliphatic rings. The number of carbonyl (C=O) groups excluding carboxylic acids is 2. The number of aromatic nitrogens is 3. The molecule has 2 aromatic heterocycles. The minimum absolute atomic E-state index is 0.0548. The van der Waals surface area contributed by atoms with Gasteiger partial charge in [0.1, 0.15) is 10.7 Å². The van der Waals surface area contributed by atoms with Crippen molar-refractivity contribution in [3.63, 3.8) is 0 Å². The molecule has 0 bridgehead atoms. The van der Waals surface area contributed by atoms with Gasteiger partial charge in [-0.3, -0.25) is 14.3 Å². The van der Waals surface area contributed by atoms with Crippen LogP contribution in [-0.4, -0.2) is 66.5 Å². The number of carbonyl (C=O) groups is 2. The van der Waals surface area contributed by atoms with E-state index in [9.17, 15) is 13.8 Å². The van der Waals surface area contributed by atoms with E-state index >= 15 is 0 Å². The number of pyridine rings is 1. The monoisotopic (exact) mass is 588 g/mol. The van der Waals surface area contributed by atoms with Gasteiger partial charge in [0, 0.05) is 49.6 Å². The highest BCUT2D eigenvalue weighted by atomic mass is 35.5. The van der Waals surface area contributed by atoms with Gasteiger partial charge < -0.3 is 9.80 Å². The minimum atomic E-state index is -2.54. The summed E-state index contributed by atoms with van der Waals surface area (Å²) in [7, 11) is -1.03. The van der Waals surface area contributed by atoms with Crippen LogP contribution in [0.25, 0.3) is 0 Å². The minimum Gasteiger partial charge on any atom is -0.331 e. The topological polar surface area (TPSA) is 101 Å². The van der Waals surface area contributed by atoms with E-state index in [0.29, 0.717) is 39.3 Å². The van der Waals surface area contributed by atoms with Gasteiger partial charge in [-0.1, -0.05) is 29.3 Å². The van der Waals surface area contributed by atoms with Crippen LogP contribution in [0.3, 0.4) is 0 Å². The van der Waals surface area contributed by atoms with Crippen LogP contribution in [0.5, 0.6) is 0 Å². The Kier molecular flexibility index (Phi) is 7.24. The number of rotatable bonds is 4. The molecule has 2 amide bonds. The average Bonchev–Trinajstić information content (AvgIpc) is 3.30. The lowest BCUT2D eigenvalue weighted by molar-refractivity contribution is 0.0574. The van der Waals surface area contributed by atoms with E-state index in [1.54, 1.807) is 41.6 Å². The van der Waals surface area contributed by atoms with Crippen molar-refractivity contribution < 1.29 is 13.8 Å². The highest BCUT2D eigenvalue weighted by molar-refractivity contribution is 7.92. The summed E-state index contributed by atoms with van der Waals surface area (Å²) in [6, 6.07) is 7.96. The second-order valence-corrected chi connectivity index (χ2v) is 13.4. The van der Waals surface area contributed by atoms with Crippen LogP contribution in [0, 0.1) is 0 Å². The third-order valence-corrected chi connectivity index (χ3v) is 10.1. The maximum absolute atomic E-state index is 13.9. The van der Waals surface area contributed by atoms with Crippen LogP contribution in [0.1, 0.15) is 70.5 Å². The molecule has 0 aliphatic carbocycles. The number of hydrogen-bond acceptors (Lipinski definition) is 6. The lowest BCUT2D eigenvalue weighted by Gasteiger charge is -2.37. The zero-order chi connectivity index (χ0) is 28.2. The fourth-order valence-electron chi connectivity index (χ4n) is 5.23. The van der Waals surface area contributed by atoms with E-state index in [0.717, 1.165) is 16.8 Å². The molecule has 0 spiro atoms. The number of nitrogens with zero attached hydrogens (tertiary/aromatic N) is 6. The molecular weight excluding hydrogens is 559 g/mol. The molecular formula is C27H30Cl2N6O3S. The van der Waals surface area contributed by atoms with Gasteiger partial charge in [-0.05, 0) is 50.6 Å². The molecule has 2 aliphatic heterocycles. The summed E-state index contributed by atoms with van der Waals surface area (Å²) < 4.78 is 18.3. The Morgan fingerprint density at radius 1 is 1.15 bits per heavy atom. The molecule has 0 fully saturated rings. The normalized spacial score (nSPS) is 21.2. The number of fused-ring (bicyclic) bond motifs is 3. The number of halogens is 2. The van der Waals surface area contributed by atoms with Crippen LogP contribution < -0.4 is 0 Å². The Bertz CT molecular complexity index is 1600. The average molecular weight is 590 g/mol. The predicted molar refractivity (Wildman–Crippen MR) is 151 cm³/mol. The molecule has 39 heavy (non-hydrogen) atoms. The highest BCUT2D eigenvalue weighted by Crippen LogP contribution is 2.35. The second kappa shape index (κ2) is 10.2. The van der Waals surface area contributed by atoms with E-state index < -0.39 is 9.73 Å². The standard InChI is InChI=1S/C27H30Cl2N6O3S/c1-15-10-23-20(14-33(15)26(36)18-6-8-21(28)22(29)11-18)25-27(37)34(13-16(2)35(25)32-23)17(3)19-7-9-24(31-12-19)39(5,38)30-4/h6-9,11-12,15-17H,10,13-14H2,1-5H3/t15-,16-,17-,39?/m1/s1. The van der Waals surface area contributed by atoms with Gasteiger partial charge in [0.15, 0.2) is 0 Å². The van der Waals surface area contributed by atoms with E-state index in [-0.39, 0.29) is 36.5 Å². The van der Waals surface area contributed by atoms with Gasteiger partial charge in [0.25, 0.3) is 11.8 Å². The van der Waals surface area contributed by atoms with Crippen molar-refractivity contribution in [2.45, 2.75) is 56.9 Å². The first kappa shape index (κ1) is 27.6. The SMILES string of the molecule is CN=S(C)(=O)c1ccc([C@@H](C)N2C[C@@H](C)n3nc4c(c3C2=O)CN(C(=O)c2ccc(Cl)c(Cl)c2)[C@H](C)C4)cn1. The van der Waals surface area contributed by atoms with Crippen LogP contribution in [0.2, 0.25) is 10.0 Å². The molecule has 4 heterocycles. The summed E-state index contributed by atoms with van der Waals surface area (Å²) in [6.45, 7) is 6.72. The van der Waals surface area contributed by atoms with Crippen molar-refractivity contribution in [2.75, 3.05) is 19.8 Å². The zero-order valence-electron chi connectivity index (χ0n) is 22.4. The van der Waals surface area contributed by atoms with Crippen LogP contribution in [0.15, 0.2) is 45.9 Å². The Labute approximate surface area is 238 Å². The van der Waals surface area contributed by atoms with Crippen molar-refractivity contribution in [1.29, 1.82) is 0 Å². The van der Waals surface area contributed by atoms with E-state index in [4.69, 9.17) is 28.3 Å². The Morgan fingerprint density at radius 3 is 2.54 bits per heavy atom. The van der Waals surface area contributed by atoms with E-state index in [2.05, 4.69) is 9.35 Å². The first-order valence-corrected chi connectivity index (χ1v) is 15.3. The molecule has 206 valence electrons. The van der Waals surface area contributed by atoms with Gasteiger partial charge in [-0.2, -0.15) is 5.10 Å². The molecule has 3 aromatic rings. The summed E-state index contributed by atoms with van der Waals surface area (Å²) in [4.78, 5) is 35.4. The Morgan fingerprint density at radius 2 is 1.90 bits per heavy atom. The largest absolute Gasteiger partial charge is 0.331 e. The van der Waals surface area contributed by atoms with Gasteiger partial charge in [0.05, 0.1) is 44.1 Å². The lowest BCUT2D eigenvalue weighted by atomic mass is 9.96. The van der Waals surface area contributed by atoms with E-state index in [1.165, 1.54) is 7.05 Å². The number of amides is 2. The van der Waals surface area contributed by atoms with Gasteiger partial charge in [0.2, 0.25) is 0 Å². The lowest BCUT2D eigenvalue weighted by Crippen LogP contribution is -2.45. The van der Waals surface area contributed by atoms with Gasteiger partial charge in [-0.15, -0.1) is 0 Å². The Balaban J connectivity index is 1.45. The molecule has 0 saturated carbocycles. The quantitative estimate of drug-likeness (QED) is 0.425. The van der Waals surface area contributed by atoms with Crippen molar-refractivity contribution in [2.24, 2.45) is 4.36 Å². The summed E-state index contributed by atoms with van der Waals surface area (Å²) >= 11 is 12.2. The van der Waals surface area contributed by atoms with Crippen molar-refractivity contribution in [3.05, 3.63) is 74.7 Å². The molecule has 5 rings (SSSR count). The molecule has 4 atom stereocenters. The maximum atomic E-state index is 13.9. The van der Waals surface area contributed by atoms with Gasteiger partial charge >= 0.3 is 0 Å². The maximum Gasteiger partial charge on any atom is 0.273 e. The fourth-order valence-corrected chi connectivity index (χ4v) is 6.28. The predicted octanol–water partition coefficient (Wildman–Crippen LogP) is 5.04. The third-order valence-electron chi connectivity index (χ3n) is 7.66. The number of benzene rings is 1. The summed E-state index contributed by atoms with van der Waals surface area (Å²) in [5.41, 5.74) is 3.41. The molecule has 0 radical (unpaired) electrons. The molecule has 9 nitrogen and oxygen atoms in total. The number of hydrogen-bond donors (Lipinski definition) is 0. The van der Waals surface area contributed by atoms with Crippen LogP contribution in [0.4, 0.5) is 0 Å². The van der Waals surface area contributed by atoms with Crippen LogP contribution >= 0.6 is 23.2 Å². The van der Waals surface area contributed by atoms with Crippen molar-refractivity contribution in [3.8, 4) is 0 Å². The summed E-state index contributed by atoms with van der Waals surface area (Å²) in [6.07, 6.45) is 3.75. The molecule has 12 heteroatoms. The van der Waals surface area contributed by atoms with Crippen molar-refractivity contribution >= 4 is 44.7 Å². The first-order chi connectivity index (χ1) is 18.4. The second-order valence-electron chi connectivity index (χ2n) is 10.2. The smallest absolute Gasteiger partial charge is 0.273 e. The fraction of sp³-hybridized carbons (Fsp3) is 0.407. The molecule has 1 aromatic carbocycles. The summed E-state index contributed by atoms with van der Waals surface area (Å²) in [5.74, 6) is -0.316. The Hall–Kier alpha value is -2.95. The zero-order valence-corrected chi connectivity index (χ0v) is 24.7. The molecule has 0 saturated heterocycles. The third kappa shape index (κ3) is 4.83. The van der Waals surface area contributed by atoms with Crippen LogP contribution in [-0.2, 0) is 22.7 Å². The van der Waals surface area contributed by atoms with E-state index in [1.807, 2.05) is 36.4 Å². The highest BCUT2D eigenvalue weighted by Gasteiger charge is 2.40. The first-order valence-electron chi connectivity index (χ1n) is 12.7.